The van der Waals surface area contributed by atoms with Crippen LogP contribution in [0.4, 0.5) is 5.69 Å². The van der Waals surface area contributed by atoms with Crippen LogP contribution in [0.15, 0.2) is 41.2 Å². The van der Waals surface area contributed by atoms with Gasteiger partial charge in [-0.15, -0.1) is 0 Å². The van der Waals surface area contributed by atoms with Crippen molar-refractivity contribution in [1.29, 1.82) is 0 Å². The highest BCUT2D eigenvalue weighted by Gasteiger charge is 2.09. The molecule has 0 aliphatic carbocycles. The summed E-state index contributed by atoms with van der Waals surface area (Å²) >= 11 is 0. The largest absolute Gasteiger partial charge is 0.470 e. The van der Waals surface area contributed by atoms with Crippen LogP contribution in [0.25, 0.3) is 22.4 Å². The monoisotopic (exact) mass is 199 g/mol. The van der Waals surface area contributed by atoms with Gasteiger partial charge in [0.1, 0.15) is 18.4 Å². The number of rotatable bonds is 1. The molecule has 0 bridgehead atoms. The standard InChI is InChI=1S/C11H9N3O/c12-8-6-15-5-7(8)11-13-9-3-1-2-4-10(9)14-11/h1-6H,12H2,(H,13,14). The molecule has 0 unspecified atom stereocenters. The molecule has 0 fully saturated rings. The lowest BCUT2D eigenvalue weighted by atomic mass is 10.3. The van der Waals surface area contributed by atoms with Gasteiger partial charge in [0.25, 0.3) is 0 Å². The number of H-pyrrole nitrogens is 1. The molecule has 0 spiro atoms. The second-order valence-electron chi connectivity index (χ2n) is 3.34. The van der Waals surface area contributed by atoms with Gasteiger partial charge < -0.3 is 15.1 Å². The molecule has 74 valence electrons. The van der Waals surface area contributed by atoms with E-state index < -0.39 is 0 Å². The second kappa shape index (κ2) is 2.88. The maximum absolute atomic E-state index is 5.74. The van der Waals surface area contributed by atoms with Crippen molar-refractivity contribution in [3.63, 3.8) is 0 Å². The molecular formula is C11H9N3O. The fourth-order valence-electron chi connectivity index (χ4n) is 1.58. The zero-order chi connectivity index (χ0) is 10.3. The highest BCUT2D eigenvalue weighted by molar-refractivity contribution is 5.81. The first kappa shape index (κ1) is 8.11. The van der Waals surface area contributed by atoms with E-state index >= 15 is 0 Å². The van der Waals surface area contributed by atoms with Gasteiger partial charge in [-0.05, 0) is 12.1 Å². The van der Waals surface area contributed by atoms with Gasteiger partial charge in [-0.2, -0.15) is 0 Å². The molecule has 2 heterocycles. The summed E-state index contributed by atoms with van der Waals surface area (Å²) in [6, 6.07) is 7.84. The van der Waals surface area contributed by atoms with Crippen LogP contribution in [-0.2, 0) is 0 Å². The summed E-state index contributed by atoms with van der Waals surface area (Å²) in [4.78, 5) is 7.61. The van der Waals surface area contributed by atoms with Crippen molar-refractivity contribution in [2.75, 3.05) is 5.73 Å². The molecule has 3 rings (SSSR count). The van der Waals surface area contributed by atoms with Crippen LogP contribution >= 0.6 is 0 Å². The van der Waals surface area contributed by atoms with E-state index in [1.54, 1.807) is 6.26 Å². The van der Waals surface area contributed by atoms with Gasteiger partial charge in [0.05, 0.1) is 22.3 Å². The van der Waals surface area contributed by atoms with E-state index in [-0.39, 0.29) is 0 Å². The number of nitrogens with two attached hydrogens (primary N) is 1. The van der Waals surface area contributed by atoms with Crippen LogP contribution in [0.5, 0.6) is 0 Å². The lowest BCUT2D eigenvalue weighted by Gasteiger charge is -1.90. The van der Waals surface area contributed by atoms with Crippen LogP contribution in [0.3, 0.4) is 0 Å². The van der Waals surface area contributed by atoms with Crippen LogP contribution in [0, 0.1) is 0 Å². The number of imidazole rings is 1. The van der Waals surface area contributed by atoms with Crippen molar-refractivity contribution in [3.8, 4) is 11.4 Å². The molecule has 0 radical (unpaired) electrons. The van der Waals surface area contributed by atoms with Crippen molar-refractivity contribution in [3.05, 3.63) is 36.8 Å². The average molecular weight is 199 g/mol. The SMILES string of the molecule is Nc1cocc1-c1nc2ccccc2[nH]1. The first-order valence-corrected chi connectivity index (χ1v) is 4.61. The molecule has 3 N–H and O–H groups in total. The summed E-state index contributed by atoms with van der Waals surface area (Å²) in [6.45, 7) is 0. The molecule has 0 amide bonds. The van der Waals surface area contributed by atoms with Gasteiger partial charge >= 0.3 is 0 Å². The maximum Gasteiger partial charge on any atom is 0.143 e. The van der Waals surface area contributed by atoms with Crippen LogP contribution < -0.4 is 5.73 Å². The molecule has 0 saturated carbocycles. The number of nitrogen functional groups attached to an aromatic ring is 1. The molecule has 0 saturated heterocycles. The lowest BCUT2D eigenvalue weighted by Crippen LogP contribution is -1.85. The Bertz CT molecular complexity index is 576. The Balaban J connectivity index is 2.24. The molecule has 15 heavy (non-hydrogen) atoms. The van der Waals surface area contributed by atoms with E-state index in [0.717, 1.165) is 22.4 Å². The van der Waals surface area contributed by atoms with Gasteiger partial charge in [-0.3, -0.25) is 0 Å². The molecular weight excluding hydrogens is 190 g/mol. The third-order valence-electron chi connectivity index (χ3n) is 2.34. The number of furan rings is 1. The molecule has 1 aromatic carbocycles. The highest BCUT2D eigenvalue weighted by atomic mass is 16.3. The molecule has 0 aliphatic heterocycles. The summed E-state index contributed by atoms with van der Waals surface area (Å²) in [5.74, 6) is 0.738. The first-order chi connectivity index (χ1) is 7.34. The van der Waals surface area contributed by atoms with Crippen molar-refractivity contribution in [2.45, 2.75) is 0 Å². The number of hydrogen-bond acceptors (Lipinski definition) is 3. The smallest absolute Gasteiger partial charge is 0.143 e. The Kier molecular flexibility index (Phi) is 1.56. The summed E-state index contributed by atoms with van der Waals surface area (Å²) in [5.41, 5.74) is 9.05. The number of para-hydroxylation sites is 2. The summed E-state index contributed by atoms with van der Waals surface area (Å²) in [7, 11) is 0. The van der Waals surface area contributed by atoms with Crippen molar-refractivity contribution in [2.24, 2.45) is 0 Å². The van der Waals surface area contributed by atoms with E-state index in [4.69, 9.17) is 10.2 Å². The van der Waals surface area contributed by atoms with Gasteiger partial charge in [0.2, 0.25) is 0 Å². The minimum atomic E-state index is 0.592. The fourth-order valence-corrected chi connectivity index (χ4v) is 1.58. The van der Waals surface area contributed by atoms with E-state index in [1.165, 1.54) is 6.26 Å². The minimum Gasteiger partial charge on any atom is -0.470 e. The molecule has 4 nitrogen and oxygen atoms in total. The van der Waals surface area contributed by atoms with Crippen LogP contribution in [-0.4, -0.2) is 9.97 Å². The third kappa shape index (κ3) is 1.19. The average Bonchev–Trinajstić information content (AvgIpc) is 2.82. The summed E-state index contributed by atoms with van der Waals surface area (Å²) in [5, 5.41) is 0. The zero-order valence-electron chi connectivity index (χ0n) is 7.90. The van der Waals surface area contributed by atoms with Gasteiger partial charge in [-0.25, -0.2) is 4.98 Å². The summed E-state index contributed by atoms with van der Waals surface area (Å²) in [6.07, 6.45) is 3.09. The number of aromatic amines is 1. The molecule has 0 aliphatic rings. The fraction of sp³-hybridized carbons (Fsp3) is 0. The predicted octanol–water partition coefficient (Wildman–Crippen LogP) is 2.41. The molecule has 0 atom stereocenters. The van der Waals surface area contributed by atoms with Gasteiger partial charge in [0.15, 0.2) is 0 Å². The highest BCUT2D eigenvalue weighted by Crippen LogP contribution is 2.26. The first-order valence-electron chi connectivity index (χ1n) is 4.61. The molecule has 4 heteroatoms. The van der Waals surface area contributed by atoms with Gasteiger partial charge in [-0.1, -0.05) is 12.1 Å². The number of nitrogens with zero attached hydrogens (tertiary/aromatic N) is 1. The quantitative estimate of drug-likeness (QED) is 0.632. The number of anilines is 1. The van der Waals surface area contributed by atoms with Crippen molar-refractivity contribution < 1.29 is 4.42 Å². The zero-order valence-corrected chi connectivity index (χ0v) is 7.90. The van der Waals surface area contributed by atoms with Crippen LogP contribution in [0.1, 0.15) is 0 Å². The van der Waals surface area contributed by atoms with E-state index in [2.05, 4.69) is 9.97 Å². The Morgan fingerprint density at radius 2 is 2.07 bits per heavy atom. The topological polar surface area (TPSA) is 67.8 Å². The minimum absolute atomic E-state index is 0.592. The van der Waals surface area contributed by atoms with E-state index in [1.807, 2.05) is 24.3 Å². The van der Waals surface area contributed by atoms with Crippen molar-refractivity contribution >= 4 is 16.7 Å². The number of fused-ring (bicyclic) bond motifs is 1. The van der Waals surface area contributed by atoms with Gasteiger partial charge in [0, 0.05) is 0 Å². The maximum atomic E-state index is 5.74. The third-order valence-corrected chi connectivity index (χ3v) is 2.34. The summed E-state index contributed by atoms with van der Waals surface area (Å²) < 4.78 is 5.01. The Morgan fingerprint density at radius 3 is 2.80 bits per heavy atom. The van der Waals surface area contributed by atoms with E-state index in [9.17, 15) is 0 Å². The Hall–Kier alpha value is -2.23. The predicted molar refractivity (Wildman–Crippen MR) is 58.2 cm³/mol. The number of hydrogen-bond donors (Lipinski definition) is 2. The normalized spacial score (nSPS) is 10.9. The van der Waals surface area contributed by atoms with Crippen molar-refractivity contribution in [1.82, 2.24) is 9.97 Å². The number of nitrogens with one attached hydrogen (secondary N) is 1. The molecule has 3 aromatic rings. The Morgan fingerprint density at radius 1 is 1.20 bits per heavy atom. The number of aromatic nitrogens is 2. The second-order valence-corrected chi connectivity index (χ2v) is 3.34. The van der Waals surface area contributed by atoms with E-state index in [0.29, 0.717) is 5.69 Å². The number of benzene rings is 1. The lowest BCUT2D eigenvalue weighted by molar-refractivity contribution is 0.569. The molecule has 2 aromatic heterocycles. The van der Waals surface area contributed by atoms with Crippen LogP contribution in [0.2, 0.25) is 0 Å². The Labute approximate surface area is 85.7 Å².